The maximum absolute atomic E-state index is 13.0. The third-order valence-electron chi connectivity index (χ3n) is 2.31. The molecule has 94 valence electrons. The molecule has 18 heavy (non-hydrogen) atoms. The van der Waals surface area contributed by atoms with Crippen LogP contribution in [0.4, 0.5) is 15.9 Å². The van der Waals surface area contributed by atoms with Crippen molar-refractivity contribution in [2.24, 2.45) is 0 Å². The summed E-state index contributed by atoms with van der Waals surface area (Å²) in [6, 6.07) is 6.34. The Balaban J connectivity index is 2.09. The number of nitrogen functional groups attached to an aromatic ring is 1. The number of hydrogen-bond donors (Lipinski definition) is 2. The molecule has 1 aromatic carbocycles. The van der Waals surface area contributed by atoms with Gasteiger partial charge >= 0.3 is 0 Å². The second-order valence-electron chi connectivity index (χ2n) is 3.70. The largest absolute Gasteiger partial charge is 0.397 e. The molecule has 0 spiro atoms. The molecule has 2 aromatic rings. The van der Waals surface area contributed by atoms with Gasteiger partial charge in [0.1, 0.15) is 11.6 Å². The van der Waals surface area contributed by atoms with Gasteiger partial charge in [-0.05, 0) is 39.7 Å². The molecule has 0 atom stereocenters. The smallest absolute Gasteiger partial charge is 0.141 e. The third-order valence-corrected chi connectivity index (χ3v) is 3.20. The van der Waals surface area contributed by atoms with Crippen LogP contribution in [0.15, 0.2) is 34.9 Å². The van der Waals surface area contributed by atoms with Crippen molar-refractivity contribution in [1.82, 2.24) is 4.98 Å². The van der Waals surface area contributed by atoms with Crippen LogP contribution in [0.1, 0.15) is 5.56 Å². The third kappa shape index (κ3) is 3.11. The lowest BCUT2D eigenvalue weighted by molar-refractivity contribution is 0.627. The van der Waals surface area contributed by atoms with Crippen molar-refractivity contribution in [3.63, 3.8) is 0 Å². The first-order chi connectivity index (χ1) is 8.56. The van der Waals surface area contributed by atoms with E-state index in [-0.39, 0.29) is 5.02 Å². The lowest BCUT2D eigenvalue weighted by atomic mass is 10.2. The van der Waals surface area contributed by atoms with E-state index in [0.29, 0.717) is 18.1 Å². The zero-order valence-corrected chi connectivity index (χ0v) is 11.6. The summed E-state index contributed by atoms with van der Waals surface area (Å²) in [5.41, 5.74) is 7.04. The molecule has 0 saturated carbocycles. The van der Waals surface area contributed by atoms with E-state index in [9.17, 15) is 4.39 Å². The molecule has 0 saturated heterocycles. The van der Waals surface area contributed by atoms with Crippen molar-refractivity contribution in [2.45, 2.75) is 6.54 Å². The van der Waals surface area contributed by atoms with Crippen molar-refractivity contribution in [3.05, 3.63) is 51.3 Å². The van der Waals surface area contributed by atoms with Gasteiger partial charge in [0, 0.05) is 6.54 Å². The van der Waals surface area contributed by atoms with Gasteiger partial charge < -0.3 is 11.1 Å². The minimum Gasteiger partial charge on any atom is -0.397 e. The second-order valence-corrected chi connectivity index (χ2v) is 4.96. The number of anilines is 2. The Hall–Kier alpha value is -1.33. The average Bonchev–Trinajstić information content (AvgIpc) is 2.32. The van der Waals surface area contributed by atoms with Gasteiger partial charge in [-0.3, -0.25) is 0 Å². The summed E-state index contributed by atoms with van der Waals surface area (Å²) in [5, 5.41) is 3.22. The maximum atomic E-state index is 13.0. The monoisotopic (exact) mass is 329 g/mol. The number of halogens is 3. The molecule has 0 amide bonds. The van der Waals surface area contributed by atoms with E-state index in [4.69, 9.17) is 17.3 Å². The highest BCUT2D eigenvalue weighted by Crippen LogP contribution is 2.23. The van der Waals surface area contributed by atoms with Crippen LogP contribution < -0.4 is 11.1 Å². The second kappa shape index (κ2) is 5.54. The predicted octanol–water partition coefficient (Wildman–Crippen LogP) is 3.83. The first-order valence-corrected chi connectivity index (χ1v) is 6.32. The van der Waals surface area contributed by atoms with E-state index < -0.39 is 5.82 Å². The molecule has 0 aliphatic rings. The van der Waals surface area contributed by atoms with Gasteiger partial charge in [-0.1, -0.05) is 17.7 Å². The molecule has 3 nitrogen and oxygen atoms in total. The summed E-state index contributed by atoms with van der Waals surface area (Å²) in [7, 11) is 0. The number of aromatic nitrogens is 1. The van der Waals surface area contributed by atoms with Crippen LogP contribution in [0.25, 0.3) is 0 Å². The Morgan fingerprint density at radius 1 is 1.39 bits per heavy atom. The van der Waals surface area contributed by atoms with E-state index >= 15 is 0 Å². The van der Waals surface area contributed by atoms with Crippen LogP contribution in [0, 0.1) is 5.82 Å². The van der Waals surface area contributed by atoms with Crippen molar-refractivity contribution >= 4 is 39.0 Å². The van der Waals surface area contributed by atoms with E-state index in [2.05, 4.69) is 26.2 Å². The maximum Gasteiger partial charge on any atom is 0.141 e. The summed E-state index contributed by atoms with van der Waals surface area (Å²) in [6.07, 6.45) is 1.56. The molecule has 2 rings (SSSR count). The van der Waals surface area contributed by atoms with Crippen molar-refractivity contribution in [1.29, 1.82) is 0 Å². The van der Waals surface area contributed by atoms with Gasteiger partial charge in [-0.25, -0.2) is 9.37 Å². The molecule has 0 fully saturated rings. The Morgan fingerprint density at radius 3 is 2.83 bits per heavy atom. The van der Waals surface area contributed by atoms with Crippen LogP contribution in [0.2, 0.25) is 5.02 Å². The summed E-state index contributed by atoms with van der Waals surface area (Å²) < 4.78 is 13.8. The van der Waals surface area contributed by atoms with Gasteiger partial charge in [-0.2, -0.15) is 0 Å². The Kier molecular flexibility index (Phi) is 4.04. The Morgan fingerprint density at radius 2 is 2.17 bits per heavy atom. The van der Waals surface area contributed by atoms with Crippen LogP contribution in [0.5, 0.6) is 0 Å². The highest BCUT2D eigenvalue weighted by atomic mass is 79.9. The molecule has 0 unspecified atom stereocenters. The van der Waals surface area contributed by atoms with Crippen LogP contribution in [-0.4, -0.2) is 4.98 Å². The highest BCUT2D eigenvalue weighted by Gasteiger charge is 2.04. The standard InChI is InChI=1S/C12H10BrClFN3/c13-9-4-8(16)6-18-12(9)17-5-7-1-2-11(15)10(14)3-7/h1-4,6H,5,16H2,(H,17,18). The fraction of sp³-hybridized carbons (Fsp3) is 0.0833. The van der Waals surface area contributed by atoms with E-state index in [1.165, 1.54) is 6.07 Å². The van der Waals surface area contributed by atoms with Gasteiger partial charge in [0.2, 0.25) is 0 Å². The number of nitrogens with two attached hydrogens (primary N) is 1. The summed E-state index contributed by atoms with van der Waals surface area (Å²) in [6.45, 7) is 0.496. The predicted molar refractivity (Wildman–Crippen MR) is 75.1 cm³/mol. The Labute approximate surface area is 117 Å². The van der Waals surface area contributed by atoms with Crippen LogP contribution in [-0.2, 0) is 6.54 Å². The van der Waals surface area contributed by atoms with Gasteiger partial charge in [-0.15, -0.1) is 0 Å². The van der Waals surface area contributed by atoms with Gasteiger partial charge in [0.25, 0.3) is 0 Å². The minimum atomic E-state index is -0.424. The Bertz CT molecular complexity index is 577. The van der Waals surface area contributed by atoms with Crippen molar-refractivity contribution < 1.29 is 4.39 Å². The average molecular weight is 331 g/mol. The molecular formula is C12H10BrClFN3. The number of nitrogens with zero attached hydrogens (tertiary/aromatic N) is 1. The number of benzene rings is 1. The first-order valence-electron chi connectivity index (χ1n) is 5.15. The van der Waals surface area contributed by atoms with Crippen molar-refractivity contribution in [2.75, 3.05) is 11.1 Å². The minimum absolute atomic E-state index is 0.110. The lowest BCUT2D eigenvalue weighted by Crippen LogP contribution is -2.03. The molecule has 0 aliphatic carbocycles. The quantitative estimate of drug-likeness (QED) is 0.899. The summed E-state index contributed by atoms with van der Waals surface area (Å²) >= 11 is 9.06. The molecule has 0 bridgehead atoms. The van der Waals surface area contributed by atoms with Crippen LogP contribution >= 0.6 is 27.5 Å². The molecule has 0 radical (unpaired) electrons. The first kappa shape index (κ1) is 13.1. The van der Waals surface area contributed by atoms with Gasteiger partial charge in [0.05, 0.1) is 21.4 Å². The zero-order chi connectivity index (χ0) is 13.1. The molecule has 1 aromatic heterocycles. The molecular weight excluding hydrogens is 321 g/mol. The highest BCUT2D eigenvalue weighted by molar-refractivity contribution is 9.10. The zero-order valence-electron chi connectivity index (χ0n) is 9.25. The number of rotatable bonds is 3. The summed E-state index contributed by atoms with van der Waals surface area (Å²) in [4.78, 5) is 4.14. The fourth-order valence-corrected chi connectivity index (χ4v) is 2.13. The summed E-state index contributed by atoms with van der Waals surface area (Å²) in [5.74, 6) is 0.247. The number of nitrogens with one attached hydrogen (secondary N) is 1. The van der Waals surface area contributed by atoms with E-state index in [0.717, 1.165) is 10.0 Å². The van der Waals surface area contributed by atoms with Gasteiger partial charge in [0.15, 0.2) is 0 Å². The molecule has 6 heteroatoms. The number of pyridine rings is 1. The molecule has 1 heterocycles. The molecule has 0 aliphatic heterocycles. The molecule has 3 N–H and O–H groups in total. The fourth-order valence-electron chi connectivity index (χ4n) is 1.42. The number of hydrogen-bond acceptors (Lipinski definition) is 3. The van der Waals surface area contributed by atoms with Crippen LogP contribution in [0.3, 0.4) is 0 Å². The van der Waals surface area contributed by atoms with E-state index in [1.807, 2.05) is 0 Å². The SMILES string of the molecule is Nc1cnc(NCc2ccc(F)c(Cl)c2)c(Br)c1. The van der Waals surface area contributed by atoms with E-state index in [1.54, 1.807) is 24.4 Å². The topological polar surface area (TPSA) is 50.9 Å². The lowest BCUT2D eigenvalue weighted by Gasteiger charge is -2.08. The van der Waals surface area contributed by atoms with Crippen molar-refractivity contribution in [3.8, 4) is 0 Å². The normalized spacial score (nSPS) is 10.4.